The molecule has 9 nitrogen and oxygen atoms in total. The van der Waals surface area contributed by atoms with Crippen LogP contribution in [0.2, 0.25) is 0 Å². The maximum absolute atomic E-state index is 13.4. The molecule has 1 aliphatic carbocycles. The third kappa shape index (κ3) is 7.45. The molecule has 37 heavy (non-hydrogen) atoms. The predicted molar refractivity (Wildman–Crippen MR) is 146 cm³/mol. The second-order valence-corrected chi connectivity index (χ2v) is 11.1. The Labute approximate surface area is 219 Å². The summed E-state index contributed by atoms with van der Waals surface area (Å²) in [4.78, 5) is 26.9. The number of anilines is 2. The van der Waals surface area contributed by atoms with Crippen LogP contribution in [0.15, 0.2) is 41.3 Å². The van der Waals surface area contributed by atoms with Crippen LogP contribution in [-0.4, -0.2) is 56.1 Å². The molecule has 0 bridgehead atoms. The Morgan fingerprint density at radius 1 is 1.03 bits per heavy atom. The van der Waals surface area contributed by atoms with E-state index in [-0.39, 0.29) is 27.9 Å². The van der Waals surface area contributed by atoms with E-state index in [1.165, 1.54) is 18.2 Å². The van der Waals surface area contributed by atoms with E-state index in [2.05, 4.69) is 34.1 Å². The van der Waals surface area contributed by atoms with Crippen molar-refractivity contribution in [3.63, 3.8) is 0 Å². The Hall–Kier alpha value is -3.11. The lowest BCUT2D eigenvalue weighted by atomic mass is 9.87. The lowest BCUT2D eigenvalue weighted by Crippen LogP contribution is -2.37. The highest BCUT2D eigenvalue weighted by Crippen LogP contribution is 2.32. The topological polar surface area (TPSA) is 128 Å². The second kappa shape index (κ2) is 12.9. The van der Waals surface area contributed by atoms with Gasteiger partial charge < -0.3 is 20.6 Å². The quantitative estimate of drug-likeness (QED) is 0.315. The minimum absolute atomic E-state index is 0.0116. The number of carboxylic acid groups (broad SMARTS) is 1. The fraction of sp³-hybridized carbons (Fsp3) is 0.481. The molecule has 1 aliphatic rings. The molecule has 0 saturated carbocycles. The second-order valence-electron chi connectivity index (χ2n) is 9.41. The highest BCUT2D eigenvalue weighted by molar-refractivity contribution is 7.92. The number of sulfonamides is 1. The van der Waals surface area contributed by atoms with Crippen LogP contribution in [0.4, 0.5) is 16.2 Å². The van der Waals surface area contributed by atoms with Crippen molar-refractivity contribution in [2.45, 2.75) is 70.2 Å². The summed E-state index contributed by atoms with van der Waals surface area (Å²) >= 11 is 0. The molecule has 0 heterocycles. The van der Waals surface area contributed by atoms with Crippen molar-refractivity contribution >= 4 is 33.4 Å². The fourth-order valence-electron chi connectivity index (χ4n) is 4.78. The number of para-hydroxylation sites is 1. The number of amides is 2. The highest BCUT2D eigenvalue weighted by atomic mass is 32.2. The third-order valence-electron chi connectivity index (χ3n) is 6.80. The molecule has 0 aliphatic heterocycles. The molecular formula is C27H38N4O5S. The zero-order chi connectivity index (χ0) is 27.0. The van der Waals surface area contributed by atoms with E-state index in [9.17, 15) is 23.1 Å². The van der Waals surface area contributed by atoms with Gasteiger partial charge in [-0.3, -0.25) is 4.72 Å². The van der Waals surface area contributed by atoms with Crippen molar-refractivity contribution in [3.8, 4) is 0 Å². The average molecular weight is 531 g/mol. The van der Waals surface area contributed by atoms with Gasteiger partial charge in [-0.2, -0.15) is 0 Å². The molecule has 10 heteroatoms. The Morgan fingerprint density at radius 3 is 2.43 bits per heavy atom. The molecule has 0 spiro atoms. The lowest BCUT2D eigenvalue weighted by Gasteiger charge is -2.21. The number of aromatic carboxylic acids is 1. The van der Waals surface area contributed by atoms with Crippen molar-refractivity contribution in [2.24, 2.45) is 0 Å². The van der Waals surface area contributed by atoms with Gasteiger partial charge in [-0.1, -0.05) is 32.0 Å². The summed E-state index contributed by atoms with van der Waals surface area (Å²) in [5, 5.41) is 15.4. The van der Waals surface area contributed by atoms with Crippen molar-refractivity contribution in [1.29, 1.82) is 0 Å². The van der Waals surface area contributed by atoms with Crippen LogP contribution in [0.1, 0.15) is 67.9 Å². The van der Waals surface area contributed by atoms with E-state index in [4.69, 9.17) is 0 Å². The predicted octanol–water partition coefficient (Wildman–Crippen LogP) is 4.70. The van der Waals surface area contributed by atoms with Gasteiger partial charge in [-0.25, -0.2) is 18.0 Å². The molecule has 1 atom stereocenters. The first-order chi connectivity index (χ1) is 17.7. The van der Waals surface area contributed by atoms with E-state index in [0.717, 1.165) is 57.3 Å². The van der Waals surface area contributed by atoms with E-state index < -0.39 is 22.0 Å². The van der Waals surface area contributed by atoms with Crippen LogP contribution in [-0.2, 0) is 22.9 Å². The summed E-state index contributed by atoms with van der Waals surface area (Å²) in [6.45, 7) is 9.07. The van der Waals surface area contributed by atoms with Gasteiger partial charge in [0.25, 0.3) is 10.0 Å². The Morgan fingerprint density at radius 2 is 1.73 bits per heavy atom. The molecule has 1 unspecified atom stereocenters. The monoisotopic (exact) mass is 530 g/mol. The zero-order valence-corrected chi connectivity index (χ0v) is 22.7. The Balaban J connectivity index is 1.73. The summed E-state index contributed by atoms with van der Waals surface area (Å²) in [6, 6.07) is 8.77. The van der Waals surface area contributed by atoms with Crippen LogP contribution in [0.5, 0.6) is 0 Å². The van der Waals surface area contributed by atoms with Crippen molar-refractivity contribution < 1.29 is 23.1 Å². The number of rotatable bonds is 12. The first kappa shape index (κ1) is 28.5. The van der Waals surface area contributed by atoms with Gasteiger partial charge in [0.15, 0.2) is 0 Å². The third-order valence-corrected chi connectivity index (χ3v) is 8.22. The SMILES string of the molecule is CCN(CC)CCCC(C)NC(=O)Nc1ccccc1S(=O)(=O)Nc1ccc2c(c1C(=O)O)CCCC2. The smallest absolute Gasteiger partial charge is 0.338 e. The first-order valence-corrected chi connectivity index (χ1v) is 14.4. The van der Waals surface area contributed by atoms with Gasteiger partial charge in [0, 0.05) is 6.04 Å². The molecule has 2 aromatic carbocycles. The summed E-state index contributed by atoms with van der Waals surface area (Å²) in [7, 11) is -4.19. The maximum atomic E-state index is 13.4. The number of hydrogen-bond acceptors (Lipinski definition) is 5. The minimum Gasteiger partial charge on any atom is -0.478 e. The molecule has 0 aromatic heterocycles. The van der Waals surface area contributed by atoms with E-state index in [0.29, 0.717) is 12.0 Å². The van der Waals surface area contributed by atoms with Gasteiger partial charge in [0.1, 0.15) is 4.90 Å². The number of aryl methyl sites for hydroxylation is 1. The molecule has 4 N–H and O–H groups in total. The molecule has 3 rings (SSSR count). The Bertz CT molecular complexity index is 1210. The number of urea groups is 1. The highest BCUT2D eigenvalue weighted by Gasteiger charge is 2.26. The van der Waals surface area contributed by atoms with Gasteiger partial charge in [0.05, 0.1) is 16.9 Å². The zero-order valence-electron chi connectivity index (χ0n) is 21.8. The first-order valence-electron chi connectivity index (χ1n) is 13.0. The largest absolute Gasteiger partial charge is 0.478 e. The fourth-order valence-corrected chi connectivity index (χ4v) is 6.01. The van der Waals surface area contributed by atoms with Crippen LogP contribution < -0.4 is 15.4 Å². The van der Waals surface area contributed by atoms with Crippen LogP contribution in [0.25, 0.3) is 0 Å². The number of fused-ring (bicyclic) bond motifs is 1. The number of carboxylic acids is 1. The summed E-state index contributed by atoms with van der Waals surface area (Å²) in [5.41, 5.74) is 1.74. The molecule has 2 amide bonds. The van der Waals surface area contributed by atoms with Crippen LogP contribution >= 0.6 is 0 Å². The van der Waals surface area contributed by atoms with Crippen molar-refractivity contribution in [3.05, 3.63) is 53.1 Å². The number of nitrogens with one attached hydrogen (secondary N) is 3. The van der Waals surface area contributed by atoms with Gasteiger partial charge in [0.2, 0.25) is 0 Å². The van der Waals surface area contributed by atoms with Gasteiger partial charge >= 0.3 is 12.0 Å². The van der Waals surface area contributed by atoms with E-state index in [1.807, 2.05) is 6.92 Å². The maximum Gasteiger partial charge on any atom is 0.338 e. The molecular weight excluding hydrogens is 492 g/mol. The summed E-state index contributed by atoms with van der Waals surface area (Å²) in [6.07, 6.45) is 4.94. The number of benzene rings is 2. The average Bonchev–Trinajstić information content (AvgIpc) is 2.86. The van der Waals surface area contributed by atoms with Crippen LogP contribution in [0.3, 0.4) is 0 Å². The Kier molecular flexibility index (Phi) is 9.93. The molecule has 0 radical (unpaired) electrons. The number of hydrogen-bond donors (Lipinski definition) is 4. The lowest BCUT2D eigenvalue weighted by molar-refractivity contribution is 0.0696. The van der Waals surface area contributed by atoms with Gasteiger partial charge in [-0.15, -0.1) is 0 Å². The van der Waals surface area contributed by atoms with Crippen molar-refractivity contribution in [2.75, 3.05) is 29.7 Å². The normalized spacial score (nSPS) is 14.1. The molecule has 0 fully saturated rings. The van der Waals surface area contributed by atoms with Gasteiger partial charge in [-0.05, 0) is 94.4 Å². The number of carbonyl (C=O) groups is 2. The molecule has 2 aromatic rings. The minimum atomic E-state index is -4.19. The molecule has 0 saturated heterocycles. The van der Waals surface area contributed by atoms with Crippen molar-refractivity contribution in [1.82, 2.24) is 10.2 Å². The standard InChI is InChI=1S/C27H38N4O5S/c1-4-31(5-2)18-10-11-19(3)28-27(34)29-22-14-8-9-15-24(22)37(35,36)30-23-17-16-20-12-6-7-13-21(20)25(23)26(32)33/h8-9,14-17,19,30H,4-7,10-13,18H2,1-3H3,(H,32,33)(H2,28,29,34). The number of nitrogens with zero attached hydrogens (tertiary/aromatic N) is 1. The number of carbonyl (C=O) groups excluding carboxylic acids is 1. The van der Waals surface area contributed by atoms with E-state index in [1.54, 1.807) is 18.2 Å². The summed E-state index contributed by atoms with van der Waals surface area (Å²) < 4.78 is 29.2. The summed E-state index contributed by atoms with van der Waals surface area (Å²) in [5.74, 6) is -1.17. The van der Waals surface area contributed by atoms with E-state index >= 15 is 0 Å². The molecule has 202 valence electrons. The van der Waals surface area contributed by atoms with Crippen LogP contribution in [0, 0.1) is 0 Å².